The Hall–Kier alpha value is -1.66. The Labute approximate surface area is 112 Å². The quantitative estimate of drug-likeness (QED) is 0.821. The van der Waals surface area contributed by atoms with Gasteiger partial charge in [-0.15, -0.1) is 0 Å². The monoisotopic (exact) mass is 265 g/mol. The summed E-state index contributed by atoms with van der Waals surface area (Å²) in [5.41, 5.74) is 1.34. The van der Waals surface area contributed by atoms with Gasteiger partial charge in [-0.1, -0.05) is 0 Å². The average molecular weight is 265 g/mol. The van der Waals surface area contributed by atoms with Crippen LogP contribution in [0.15, 0.2) is 18.5 Å². The molecule has 2 heterocycles. The van der Waals surface area contributed by atoms with E-state index in [1.165, 1.54) is 0 Å². The number of aliphatic hydroxyl groups excluding tert-OH is 1. The molecule has 0 saturated carbocycles. The third-order valence-corrected chi connectivity index (χ3v) is 3.05. The maximum atomic E-state index is 12.5. The van der Waals surface area contributed by atoms with Crippen LogP contribution < -0.4 is 5.32 Å². The summed E-state index contributed by atoms with van der Waals surface area (Å²) in [6.07, 6.45) is 2.97. The highest BCUT2D eigenvalue weighted by molar-refractivity contribution is 5.99. The number of pyridine rings is 1. The largest absolute Gasteiger partial charge is 0.394 e. The molecular formula is C13H19N3O3. The van der Waals surface area contributed by atoms with Crippen LogP contribution in [0.1, 0.15) is 17.3 Å². The molecule has 19 heavy (non-hydrogen) atoms. The molecule has 1 atom stereocenters. The molecule has 0 radical (unpaired) electrons. The minimum atomic E-state index is -0.290. The van der Waals surface area contributed by atoms with Crippen LogP contribution in [0, 0.1) is 0 Å². The van der Waals surface area contributed by atoms with Gasteiger partial charge in [0, 0.05) is 25.8 Å². The minimum Gasteiger partial charge on any atom is -0.394 e. The van der Waals surface area contributed by atoms with Gasteiger partial charge in [-0.25, -0.2) is 0 Å². The van der Waals surface area contributed by atoms with E-state index in [-0.39, 0.29) is 18.6 Å². The zero-order valence-corrected chi connectivity index (χ0v) is 11.0. The summed E-state index contributed by atoms with van der Waals surface area (Å²) in [5, 5.41) is 12.2. The topological polar surface area (TPSA) is 74.7 Å². The fourth-order valence-corrected chi connectivity index (χ4v) is 2.10. The van der Waals surface area contributed by atoms with Crippen molar-refractivity contribution in [1.29, 1.82) is 0 Å². The van der Waals surface area contributed by atoms with Gasteiger partial charge in [0.25, 0.3) is 5.91 Å². The molecule has 1 unspecified atom stereocenters. The van der Waals surface area contributed by atoms with E-state index in [9.17, 15) is 4.79 Å². The van der Waals surface area contributed by atoms with Crippen molar-refractivity contribution in [3.63, 3.8) is 0 Å². The van der Waals surface area contributed by atoms with Gasteiger partial charge >= 0.3 is 0 Å². The molecule has 2 rings (SSSR count). The number of nitrogens with zero attached hydrogens (tertiary/aromatic N) is 2. The predicted octanol–water partition coefficient (Wildman–Crippen LogP) is 0.347. The van der Waals surface area contributed by atoms with Crippen LogP contribution in [-0.2, 0) is 4.74 Å². The summed E-state index contributed by atoms with van der Waals surface area (Å²) in [6.45, 7) is 4.05. The SMILES string of the molecule is CCNc1cnccc1C(=O)N1CCOC(CO)C1. The molecule has 1 saturated heterocycles. The van der Waals surface area contributed by atoms with Crippen molar-refractivity contribution >= 4 is 11.6 Å². The lowest BCUT2D eigenvalue weighted by Crippen LogP contribution is -2.47. The van der Waals surface area contributed by atoms with E-state index in [1.807, 2.05) is 6.92 Å². The summed E-state index contributed by atoms with van der Waals surface area (Å²) in [6, 6.07) is 1.71. The molecule has 0 aromatic carbocycles. The van der Waals surface area contributed by atoms with Crippen LogP contribution in [0.3, 0.4) is 0 Å². The van der Waals surface area contributed by atoms with Crippen LogP contribution in [0.5, 0.6) is 0 Å². The van der Waals surface area contributed by atoms with E-state index < -0.39 is 0 Å². The molecule has 1 amide bonds. The lowest BCUT2D eigenvalue weighted by molar-refractivity contribution is -0.0447. The number of ether oxygens (including phenoxy) is 1. The van der Waals surface area contributed by atoms with Gasteiger partial charge in [0.05, 0.1) is 36.8 Å². The highest BCUT2D eigenvalue weighted by Gasteiger charge is 2.25. The second-order valence-corrected chi connectivity index (χ2v) is 4.38. The number of aromatic nitrogens is 1. The van der Waals surface area contributed by atoms with Crippen LogP contribution in [-0.4, -0.2) is 59.8 Å². The molecule has 1 aromatic heterocycles. The Morgan fingerprint density at radius 2 is 2.53 bits per heavy atom. The molecule has 6 heteroatoms. The molecule has 2 N–H and O–H groups in total. The second-order valence-electron chi connectivity index (χ2n) is 4.38. The van der Waals surface area contributed by atoms with E-state index in [4.69, 9.17) is 9.84 Å². The van der Waals surface area contributed by atoms with Crippen LogP contribution in [0.4, 0.5) is 5.69 Å². The fourth-order valence-electron chi connectivity index (χ4n) is 2.10. The van der Waals surface area contributed by atoms with Gasteiger partial charge in [-0.05, 0) is 13.0 Å². The Kier molecular flexibility index (Phi) is 4.70. The van der Waals surface area contributed by atoms with Crippen molar-refractivity contribution < 1.29 is 14.6 Å². The molecule has 0 spiro atoms. The van der Waals surface area contributed by atoms with E-state index in [0.717, 1.165) is 12.2 Å². The summed E-state index contributed by atoms with van der Waals surface area (Å²) < 4.78 is 5.35. The van der Waals surface area contributed by atoms with Gasteiger partial charge < -0.3 is 20.1 Å². The van der Waals surface area contributed by atoms with E-state index in [2.05, 4.69) is 10.3 Å². The molecule has 0 aliphatic carbocycles. The van der Waals surface area contributed by atoms with Gasteiger partial charge in [-0.3, -0.25) is 9.78 Å². The third-order valence-electron chi connectivity index (χ3n) is 3.05. The second kappa shape index (κ2) is 6.49. The molecule has 0 bridgehead atoms. The number of hydrogen-bond donors (Lipinski definition) is 2. The van der Waals surface area contributed by atoms with Gasteiger partial charge in [0.15, 0.2) is 0 Å². The van der Waals surface area contributed by atoms with Crippen molar-refractivity contribution in [3.8, 4) is 0 Å². The molecule has 1 fully saturated rings. The van der Waals surface area contributed by atoms with Gasteiger partial charge in [0.2, 0.25) is 0 Å². The first-order valence-corrected chi connectivity index (χ1v) is 6.46. The molecule has 1 aliphatic heterocycles. The zero-order valence-electron chi connectivity index (χ0n) is 11.0. The lowest BCUT2D eigenvalue weighted by Gasteiger charge is -2.32. The Morgan fingerprint density at radius 3 is 3.26 bits per heavy atom. The fraction of sp³-hybridized carbons (Fsp3) is 0.538. The molecular weight excluding hydrogens is 246 g/mol. The highest BCUT2D eigenvalue weighted by Crippen LogP contribution is 2.17. The molecule has 1 aliphatic rings. The number of amides is 1. The first-order valence-electron chi connectivity index (χ1n) is 6.46. The molecule has 104 valence electrons. The van der Waals surface area contributed by atoms with Crippen LogP contribution >= 0.6 is 0 Å². The first-order chi connectivity index (χ1) is 9.26. The maximum absolute atomic E-state index is 12.5. The number of rotatable bonds is 4. The predicted molar refractivity (Wildman–Crippen MR) is 71.1 cm³/mol. The summed E-state index contributed by atoms with van der Waals surface area (Å²) in [5.74, 6) is -0.0555. The van der Waals surface area contributed by atoms with E-state index in [1.54, 1.807) is 23.4 Å². The van der Waals surface area contributed by atoms with Crippen molar-refractivity contribution in [2.45, 2.75) is 13.0 Å². The van der Waals surface area contributed by atoms with E-state index in [0.29, 0.717) is 25.3 Å². The van der Waals surface area contributed by atoms with Gasteiger partial charge in [0.1, 0.15) is 0 Å². The number of morpholine rings is 1. The normalized spacial score (nSPS) is 19.3. The van der Waals surface area contributed by atoms with Crippen molar-refractivity contribution in [2.24, 2.45) is 0 Å². The molecule has 1 aromatic rings. The Morgan fingerprint density at radius 1 is 1.68 bits per heavy atom. The minimum absolute atomic E-state index is 0.0555. The number of carbonyl (C=O) groups excluding carboxylic acids is 1. The Balaban J connectivity index is 2.14. The van der Waals surface area contributed by atoms with Gasteiger partial charge in [-0.2, -0.15) is 0 Å². The van der Waals surface area contributed by atoms with Crippen molar-refractivity contribution in [1.82, 2.24) is 9.88 Å². The van der Waals surface area contributed by atoms with Crippen molar-refractivity contribution in [2.75, 3.05) is 38.2 Å². The van der Waals surface area contributed by atoms with E-state index >= 15 is 0 Å². The van der Waals surface area contributed by atoms with Crippen LogP contribution in [0.2, 0.25) is 0 Å². The number of anilines is 1. The number of nitrogens with one attached hydrogen (secondary N) is 1. The summed E-state index contributed by atoms with van der Waals surface area (Å²) in [4.78, 5) is 18.2. The summed E-state index contributed by atoms with van der Waals surface area (Å²) in [7, 11) is 0. The number of hydrogen-bond acceptors (Lipinski definition) is 5. The number of carbonyl (C=O) groups is 1. The average Bonchev–Trinajstić information content (AvgIpc) is 2.47. The number of aliphatic hydroxyl groups is 1. The van der Waals surface area contributed by atoms with Crippen molar-refractivity contribution in [3.05, 3.63) is 24.0 Å². The van der Waals surface area contributed by atoms with Crippen LogP contribution in [0.25, 0.3) is 0 Å². The highest BCUT2D eigenvalue weighted by atomic mass is 16.5. The standard InChI is InChI=1S/C13H19N3O3/c1-2-15-12-7-14-4-3-11(12)13(18)16-5-6-19-10(8-16)9-17/h3-4,7,10,15,17H,2,5-6,8-9H2,1H3. The molecule has 6 nitrogen and oxygen atoms in total. The first kappa shape index (κ1) is 13.8. The summed E-state index contributed by atoms with van der Waals surface area (Å²) >= 11 is 0. The third kappa shape index (κ3) is 3.21. The zero-order chi connectivity index (χ0) is 13.7. The Bertz CT molecular complexity index is 439. The maximum Gasteiger partial charge on any atom is 0.256 e. The smallest absolute Gasteiger partial charge is 0.256 e. The lowest BCUT2D eigenvalue weighted by atomic mass is 10.1.